The lowest BCUT2D eigenvalue weighted by Crippen LogP contribution is -2.78. The fraction of sp³-hybridized carbons (Fsp3) is 0.222. The Labute approximate surface area is 157 Å². The molecule has 132 valence electrons. The predicted molar refractivity (Wildman–Crippen MR) is 97.7 cm³/mol. The van der Waals surface area contributed by atoms with E-state index in [4.69, 9.17) is 4.74 Å². The third-order valence-electron chi connectivity index (χ3n) is 3.38. The van der Waals surface area contributed by atoms with Crippen LogP contribution >= 0.6 is 22.6 Å². The van der Waals surface area contributed by atoms with Crippen LogP contribution in [0.25, 0.3) is 0 Å². The van der Waals surface area contributed by atoms with Gasteiger partial charge in [0.05, 0.1) is 6.42 Å². The number of amides is 1. The number of hydrogen-bond donors (Lipinski definition) is 2. The van der Waals surface area contributed by atoms with E-state index in [1.165, 1.54) is 24.3 Å². The van der Waals surface area contributed by atoms with Crippen molar-refractivity contribution in [2.24, 2.45) is 0 Å². The van der Waals surface area contributed by atoms with E-state index in [2.05, 4.69) is 4.99 Å². The van der Waals surface area contributed by atoms with Crippen LogP contribution in [0.15, 0.2) is 54.6 Å². The molecular formula is C18H17F2INO3+. The molecule has 0 unspecified atom stereocenters. The van der Waals surface area contributed by atoms with Crippen molar-refractivity contribution in [2.75, 3.05) is 6.61 Å². The molecule has 0 radical (unpaired) electrons. The Morgan fingerprint density at radius 3 is 2.28 bits per heavy atom. The molecule has 0 aromatic heterocycles. The molecule has 0 aliphatic heterocycles. The first-order valence-electron chi connectivity index (χ1n) is 7.48. The van der Waals surface area contributed by atoms with E-state index in [0.29, 0.717) is 11.3 Å². The highest BCUT2D eigenvalue weighted by Crippen LogP contribution is 2.34. The van der Waals surface area contributed by atoms with Crippen LogP contribution in [0.3, 0.4) is 0 Å². The Morgan fingerprint density at radius 2 is 1.72 bits per heavy atom. The maximum absolute atomic E-state index is 13.2. The summed E-state index contributed by atoms with van der Waals surface area (Å²) in [6.45, 7) is -0.255. The topological polar surface area (TPSA) is 60.5 Å². The molecule has 0 bridgehead atoms. The highest BCUT2D eigenvalue weighted by Gasteiger charge is 2.26. The molecule has 2 rings (SSSR count). The zero-order valence-electron chi connectivity index (χ0n) is 13.2. The molecule has 4 nitrogen and oxygen atoms in total. The molecule has 0 aliphatic carbocycles. The van der Waals surface area contributed by atoms with Crippen molar-refractivity contribution in [3.63, 3.8) is 0 Å². The van der Waals surface area contributed by atoms with E-state index in [0.717, 1.165) is 28.2 Å². The van der Waals surface area contributed by atoms with Gasteiger partial charge in [-0.2, -0.15) is 13.6 Å². The minimum Gasteiger partial charge on any atom is -0.407 e. The lowest BCUT2D eigenvalue weighted by Gasteiger charge is -2.08. The van der Waals surface area contributed by atoms with Crippen LogP contribution in [-0.4, -0.2) is 23.5 Å². The first-order valence-corrected chi connectivity index (χ1v) is 8.56. The molecular weight excluding hydrogens is 443 g/mol. The number of nitrogens with one attached hydrogen (secondary N) is 1. The van der Waals surface area contributed by atoms with Crippen molar-refractivity contribution in [1.29, 1.82) is 0 Å². The van der Waals surface area contributed by atoms with Gasteiger partial charge in [-0.05, 0) is 11.1 Å². The van der Waals surface area contributed by atoms with Crippen LogP contribution in [0.2, 0.25) is 0 Å². The van der Waals surface area contributed by atoms with Gasteiger partial charge in [0, 0.05) is 28.2 Å². The van der Waals surface area contributed by atoms with Crippen LogP contribution in [0, 0.1) is 0 Å². The molecule has 2 aromatic carbocycles. The summed E-state index contributed by atoms with van der Waals surface area (Å²) in [6, 6.07) is 14.9. The minimum atomic E-state index is -2.93. The predicted octanol–water partition coefficient (Wildman–Crippen LogP) is 2.56. The van der Waals surface area contributed by atoms with Crippen LogP contribution in [0.1, 0.15) is 16.7 Å². The fourth-order valence-corrected chi connectivity index (χ4v) is 2.46. The van der Waals surface area contributed by atoms with Gasteiger partial charge >= 0.3 is 10.0 Å². The number of benzene rings is 2. The van der Waals surface area contributed by atoms with Gasteiger partial charge in [-0.3, -0.25) is 0 Å². The molecule has 1 amide bonds. The largest absolute Gasteiger partial charge is 0.595 e. The normalized spacial score (nSPS) is 12.1. The molecule has 2 aromatic rings. The molecule has 2 N–H and O–H groups in total. The smallest absolute Gasteiger partial charge is 0.407 e. The van der Waals surface area contributed by atoms with Gasteiger partial charge in [0.25, 0.3) is 0 Å². The summed E-state index contributed by atoms with van der Waals surface area (Å²) >= 11 is 1.06. The number of alkyl halides is 3. The Bertz CT molecular complexity index is 728. The Hall–Kier alpha value is -1.87. The highest BCUT2D eigenvalue weighted by atomic mass is 127. The van der Waals surface area contributed by atoms with Gasteiger partial charge in [-0.1, -0.05) is 54.6 Å². The van der Waals surface area contributed by atoms with E-state index in [-0.39, 0.29) is 25.2 Å². The molecule has 7 heteroatoms. The molecule has 25 heavy (non-hydrogen) atoms. The lowest BCUT2D eigenvalue weighted by molar-refractivity contribution is -0.373. The molecule has 0 saturated heterocycles. The van der Waals surface area contributed by atoms with Crippen molar-refractivity contribution in [1.82, 2.24) is 0 Å². The zero-order chi connectivity index (χ0) is 18.3. The van der Waals surface area contributed by atoms with Crippen LogP contribution in [0.5, 0.6) is 0 Å². The lowest BCUT2D eigenvalue weighted by atomic mass is 10.1. The summed E-state index contributed by atoms with van der Waals surface area (Å²) in [5, 5.41) is 9.38. The molecule has 0 spiro atoms. The monoisotopic (exact) mass is 460 g/mol. The summed E-state index contributed by atoms with van der Waals surface area (Å²) < 4.78 is 28.5. The third kappa shape index (κ3) is 6.50. The number of hydrogen-bond acceptors (Lipinski definition) is 3. The van der Waals surface area contributed by atoms with Gasteiger partial charge in [0.2, 0.25) is 0 Å². The van der Waals surface area contributed by atoms with Crippen LogP contribution in [-0.2, 0) is 21.7 Å². The van der Waals surface area contributed by atoms with Crippen LogP contribution in [0.4, 0.5) is 13.6 Å². The maximum Gasteiger partial charge on any atom is 0.595 e. The highest BCUT2D eigenvalue weighted by molar-refractivity contribution is 14.1. The zero-order valence-corrected chi connectivity index (χ0v) is 15.4. The Balaban J connectivity index is 1.96. The van der Waals surface area contributed by atoms with Gasteiger partial charge in [-0.25, -0.2) is 0 Å². The van der Waals surface area contributed by atoms with E-state index in [1.54, 1.807) is 0 Å². The molecule has 0 heterocycles. The van der Waals surface area contributed by atoms with Crippen molar-refractivity contribution < 1.29 is 28.4 Å². The summed E-state index contributed by atoms with van der Waals surface area (Å²) in [5.41, 5.74) is 1.76. The average Bonchev–Trinajstić information content (AvgIpc) is 2.60. The van der Waals surface area contributed by atoms with Gasteiger partial charge in [0.1, 0.15) is 13.2 Å². The maximum atomic E-state index is 13.2. The van der Waals surface area contributed by atoms with E-state index >= 15 is 0 Å². The van der Waals surface area contributed by atoms with Gasteiger partial charge < -0.3 is 9.84 Å². The van der Waals surface area contributed by atoms with Gasteiger partial charge in [-0.15, -0.1) is 4.99 Å². The summed E-state index contributed by atoms with van der Waals surface area (Å²) in [6.07, 6.45) is -0.451. The fourth-order valence-electron chi connectivity index (χ4n) is 2.10. The first-order chi connectivity index (χ1) is 11.9. The van der Waals surface area contributed by atoms with E-state index in [9.17, 15) is 18.7 Å². The number of carbonyl (C=O) groups is 1. The van der Waals surface area contributed by atoms with Gasteiger partial charge in [0.15, 0.2) is 5.71 Å². The number of ether oxygens (including phenoxy) is 1. The summed E-state index contributed by atoms with van der Waals surface area (Å²) in [7, 11) is 0. The molecule has 0 atom stereocenters. The SMILES string of the molecule is O=C(/[NH+]=C(\CO)Cc1ccc(C(F)(F)I)cc1)OCc1ccccc1. The molecule has 0 fully saturated rings. The second kappa shape index (κ2) is 9.00. The second-order valence-corrected chi connectivity index (χ2v) is 6.67. The quantitative estimate of drug-likeness (QED) is 0.396. The third-order valence-corrected chi connectivity index (χ3v) is 4.00. The summed E-state index contributed by atoms with van der Waals surface area (Å²) in [4.78, 5) is 14.3. The second-order valence-electron chi connectivity index (χ2n) is 5.32. The average molecular weight is 460 g/mol. The Kier molecular flexibility index (Phi) is 7.01. The first kappa shape index (κ1) is 19.5. The number of carbonyl (C=O) groups excluding carboxylic acids is 1. The van der Waals surface area contributed by atoms with E-state index in [1.807, 2.05) is 30.3 Å². The van der Waals surface area contributed by atoms with Crippen molar-refractivity contribution >= 4 is 34.4 Å². The number of aliphatic hydroxyl groups excluding tert-OH is 1. The number of halogens is 3. The molecule has 0 aliphatic rings. The number of rotatable bonds is 6. The minimum absolute atomic E-state index is 0.0994. The van der Waals surface area contributed by atoms with Crippen LogP contribution < -0.4 is 4.99 Å². The van der Waals surface area contributed by atoms with Crippen molar-refractivity contribution in [2.45, 2.75) is 17.0 Å². The van der Waals surface area contributed by atoms with Crippen molar-refractivity contribution in [3.8, 4) is 0 Å². The number of aliphatic hydroxyl groups is 1. The Morgan fingerprint density at radius 1 is 1.08 bits per heavy atom. The molecule has 0 saturated carbocycles. The van der Waals surface area contributed by atoms with E-state index < -0.39 is 10.0 Å². The standard InChI is InChI=1S/C18H16F2INO3/c19-18(20,21)15-8-6-13(7-9-15)10-16(11-23)22-17(24)25-12-14-4-2-1-3-5-14/h1-9,23H,10-12H2/p+1/b22-16-. The van der Waals surface area contributed by atoms with Crippen molar-refractivity contribution in [3.05, 3.63) is 71.3 Å². The summed E-state index contributed by atoms with van der Waals surface area (Å²) in [5.74, 6) is 0.